The van der Waals surface area contributed by atoms with Crippen molar-refractivity contribution in [3.05, 3.63) is 95.8 Å². The van der Waals surface area contributed by atoms with Crippen LogP contribution in [0.1, 0.15) is 15.9 Å². The van der Waals surface area contributed by atoms with E-state index >= 15 is 0 Å². The Morgan fingerprint density at radius 3 is 2.09 bits per heavy atom. The molecule has 1 fully saturated rings. The van der Waals surface area contributed by atoms with Crippen LogP contribution in [-0.4, -0.2) is 46.0 Å². The second-order valence-corrected chi connectivity index (χ2v) is 7.61. The number of carbonyl (C=O) groups is 5. The van der Waals surface area contributed by atoms with Crippen LogP contribution in [0, 0.1) is 5.82 Å². The monoisotopic (exact) mass is 474 g/mol. The van der Waals surface area contributed by atoms with Gasteiger partial charge in [0.1, 0.15) is 12.4 Å². The maximum absolute atomic E-state index is 13.1. The molecule has 0 saturated carbocycles. The number of nitrogens with one attached hydrogen (secondary N) is 2. The molecule has 1 aliphatic heterocycles. The summed E-state index contributed by atoms with van der Waals surface area (Å²) >= 11 is 0. The molecule has 1 aliphatic rings. The summed E-state index contributed by atoms with van der Waals surface area (Å²) in [6, 6.07) is 19.0. The summed E-state index contributed by atoms with van der Waals surface area (Å²) in [5, 5.41) is 5.09. The van der Waals surface area contributed by atoms with Crippen LogP contribution < -0.4 is 10.6 Å². The van der Waals surface area contributed by atoms with Crippen LogP contribution >= 0.6 is 0 Å². The van der Waals surface area contributed by atoms with E-state index in [-0.39, 0.29) is 17.8 Å². The Hall–Kier alpha value is -4.86. The minimum Gasteiger partial charge on any atom is -0.324 e. The SMILES string of the molecule is O=C(CN1C(=O)C(=O)N(Cc2ccccc2)C1=O)Nc1ccccc1C(=O)Nc1ccc(F)cc1. The summed E-state index contributed by atoms with van der Waals surface area (Å²) in [7, 11) is 0. The lowest BCUT2D eigenvalue weighted by Gasteiger charge is -2.16. The fourth-order valence-corrected chi connectivity index (χ4v) is 3.45. The third-order valence-corrected chi connectivity index (χ3v) is 5.17. The number of carbonyl (C=O) groups excluding carboxylic acids is 5. The number of benzene rings is 3. The van der Waals surface area contributed by atoms with Crippen molar-refractivity contribution in [2.45, 2.75) is 6.54 Å². The van der Waals surface area contributed by atoms with Crippen molar-refractivity contribution in [3.8, 4) is 0 Å². The highest BCUT2D eigenvalue weighted by atomic mass is 19.1. The Balaban J connectivity index is 1.43. The molecule has 3 aromatic rings. The molecule has 9 nitrogen and oxygen atoms in total. The first kappa shape index (κ1) is 23.3. The summed E-state index contributed by atoms with van der Waals surface area (Å²) in [5.41, 5.74) is 1.23. The summed E-state index contributed by atoms with van der Waals surface area (Å²) in [4.78, 5) is 64.0. The molecule has 176 valence electrons. The van der Waals surface area contributed by atoms with Gasteiger partial charge in [0, 0.05) is 5.69 Å². The van der Waals surface area contributed by atoms with Crippen molar-refractivity contribution in [3.63, 3.8) is 0 Å². The molecule has 3 aromatic carbocycles. The van der Waals surface area contributed by atoms with E-state index in [4.69, 9.17) is 0 Å². The highest BCUT2D eigenvalue weighted by molar-refractivity contribution is 6.45. The molecule has 0 spiro atoms. The van der Waals surface area contributed by atoms with E-state index in [2.05, 4.69) is 10.6 Å². The zero-order valence-corrected chi connectivity index (χ0v) is 18.2. The van der Waals surface area contributed by atoms with E-state index in [1.807, 2.05) is 0 Å². The highest BCUT2D eigenvalue weighted by Gasteiger charge is 2.45. The zero-order chi connectivity index (χ0) is 24.9. The number of imide groups is 2. The number of para-hydroxylation sites is 1. The first-order valence-electron chi connectivity index (χ1n) is 10.5. The predicted octanol–water partition coefficient (Wildman–Crippen LogP) is 3.01. The second-order valence-electron chi connectivity index (χ2n) is 7.61. The lowest BCUT2D eigenvalue weighted by Crippen LogP contribution is -2.39. The topological polar surface area (TPSA) is 116 Å². The number of hydrogen-bond acceptors (Lipinski definition) is 5. The van der Waals surface area contributed by atoms with Crippen molar-refractivity contribution in [2.75, 3.05) is 17.2 Å². The Bertz CT molecular complexity index is 1310. The van der Waals surface area contributed by atoms with Gasteiger partial charge in [0.05, 0.1) is 17.8 Å². The molecule has 0 aromatic heterocycles. The van der Waals surface area contributed by atoms with Gasteiger partial charge in [-0.2, -0.15) is 0 Å². The predicted molar refractivity (Wildman–Crippen MR) is 124 cm³/mol. The van der Waals surface area contributed by atoms with Gasteiger partial charge in [-0.3, -0.25) is 24.1 Å². The molecule has 0 aliphatic carbocycles. The summed E-state index contributed by atoms with van der Waals surface area (Å²) in [5.74, 6) is -3.93. The molecule has 1 saturated heterocycles. The average Bonchev–Trinajstić information content (AvgIpc) is 3.05. The molecule has 0 unspecified atom stereocenters. The van der Waals surface area contributed by atoms with Gasteiger partial charge in [0.2, 0.25) is 5.91 Å². The summed E-state index contributed by atoms with van der Waals surface area (Å²) in [6.45, 7) is -0.808. The van der Waals surface area contributed by atoms with Crippen LogP contribution in [0.15, 0.2) is 78.9 Å². The first-order chi connectivity index (χ1) is 16.8. The van der Waals surface area contributed by atoms with Crippen LogP contribution in [0.2, 0.25) is 0 Å². The largest absolute Gasteiger partial charge is 0.335 e. The van der Waals surface area contributed by atoms with Crippen molar-refractivity contribution in [2.24, 2.45) is 0 Å². The van der Waals surface area contributed by atoms with Gasteiger partial charge in [0.15, 0.2) is 0 Å². The summed E-state index contributed by atoms with van der Waals surface area (Å²) < 4.78 is 13.1. The number of hydrogen-bond donors (Lipinski definition) is 2. The Kier molecular flexibility index (Phi) is 6.63. The Morgan fingerprint density at radius 1 is 0.743 bits per heavy atom. The fourth-order valence-electron chi connectivity index (χ4n) is 3.45. The maximum Gasteiger partial charge on any atom is 0.335 e. The van der Waals surface area contributed by atoms with Gasteiger partial charge in [-0.25, -0.2) is 14.1 Å². The third kappa shape index (κ3) is 5.22. The van der Waals surface area contributed by atoms with Crippen LogP contribution in [0.4, 0.5) is 20.6 Å². The lowest BCUT2D eigenvalue weighted by molar-refractivity contribution is -0.143. The average molecular weight is 474 g/mol. The maximum atomic E-state index is 13.1. The minimum atomic E-state index is -1.11. The first-order valence-corrected chi connectivity index (χ1v) is 10.5. The molecular weight excluding hydrogens is 455 g/mol. The molecule has 6 amide bonds. The summed E-state index contributed by atoms with van der Waals surface area (Å²) in [6.07, 6.45) is 0. The second kappa shape index (κ2) is 9.96. The Morgan fingerprint density at radius 2 is 1.37 bits per heavy atom. The molecule has 2 N–H and O–H groups in total. The van der Waals surface area contributed by atoms with E-state index in [9.17, 15) is 28.4 Å². The van der Waals surface area contributed by atoms with Gasteiger partial charge in [-0.1, -0.05) is 42.5 Å². The van der Waals surface area contributed by atoms with Crippen LogP contribution in [0.5, 0.6) is 0 Å². The number of halogens is 1. The number of urea groups is 1. The van der Waals surface area contributed by atoms with Gasteiger partial charge in [-0.15, -0.1) is 0 Å². The molecule has 0 radical (unpaired) electrons. The van der Waals surface area contributed by atoms with Gasteiger partial charge in [-0.05, 0) is 42.0 Å². The molecule has 10 heteroatoms. The van der Waals surface area contributed by atoms with E-state index in [1.165, 1.54) is 36.4 Å². The minimum absolute atomic E-state index is 0.102. The molecule has 1 heterocycles. The smallest absolute Gasteiger partial charge is 0.324 e. The molecule has 0 atom stereocenters. The van der Waals surface area contributed by atoms with Crippen molar-refractivity contribution in [1.82, 2.24) is 9.80 Å². The highest BCUT2D eigenvalue weighted by Crippen LogP contribution is 2.19. The van der Waals surface area contributed by atoms with Crippen LogP contribution in [-0.2, 0) is 20.9 Å². The van der Waals surface area contributed by atoms with Crippen molar-refractivity contribution >= 4 is 41.0 Å². The quantitative estimate of drug-likeness (QED) is 0.404. The molecular formula is C25H19FN4O5. The lowest BCUT2D eigenvalue weighted by atomic mass is 10.1. The molecule has 35 heavy (non-hydrogen) atoms. The number of amides is 6. The fraction of sp³-hybridized carbons (Fsp3) is 0.0800. The van der Waals surface area contributed by atoms with E-state index in [0.717, 1.165) is 4.90 Å². The van der Waals surface area contributed by atoms with Gasteiger partial charge >= 0.3 is 17.8 Å². The van der Waals surface area contributed by atoms with Crippen LogP contribution in [0.25, 0.3) is 0 Å². The number of rotatable bonds is 7. The van der Waals surface area contributed by atoms with E-state index in [0.29, 0.717) is 16.2 Å². The van der Waals surface area contributed by atoms with Gasteiger partial charge in [0.25, 0.3) is 5.91 Å². The van der Waals surface area contributed by atoms with Crippen molar-refractivity contribution < 1.29 is 28.4 Å². The number of nitrogens with zero attached hydrogens (tertiary/aromatic N) is 2. The number of anilines is 2. The van der Waals surface area contributed by atoms with Crippen molar-refractivity contribution in [1.29, 1.82) is 0 Å². The molecule has 0 bridgehead atoms. The Labute approximate surface area is 199 Å². The standard InChI is InChI=1S/C25H19FN4O5/c26-17-10-12-18(13-11-17)27-22(32)19-8-4-5-9-20(19)28-21(31)15-30-24(34)23(33)29(25(30)35)14-16-6-2-1-3-7-16/h1-13H,14-15H2,(H,27,32)(H,28,31). The van der Waals surface area contributed by atoms with E-state index < -0.39 is 42.0 Å². The normalized spacial score (nSPS) is 13.2. The van der Waals surface area contributed by atoms with E-state index in [1.54, 1.807) is 42.5 Å². The van der Waals surface area contributed by atoms with Crippen LogP contribution in [0.3, 0.4) is 0 Å². The zero-order valence-electron chi connectivity index (χ0n) is 18.2. The van der Waals surface area contributed by atoms with Gasteiger partial charge < -0.3 is 10.6 Å². The molecule has 4 rings (SSSR count). The third-order valence-electron chi connectivity index (χ3n) is 5.17.